The van der Waals surface area contributed by atoms with Crippen molar-refractivity contribution in [3.8, 4) is 17.0 Å². The lowest BCUT2D eigenvalue weighted by atomic mass is 9.99. The van der Waals surface area contributed by atoms with Gasteiger partial charge in [-0.3, -0.25) is 4.79 Å². The van der Waals surface area contributed by atoms with E-state index >= 15 is 0 Å². The number of halogens is 3. The Morgan fingerprint density at radius 1 is 1.11 bits per heavy atom. The largest absolute Gasteiger partial charge is 0.459 e. The van der Waals surface area contributed by atoms with Gasteiger partial charge < -0.3 is 8.92 Å². The van der Waals surface area contributed by atoms with E-state index in [0.29, 0.717) is 16.3 Å². The van der Waals surface area contributed by atoms with Gasteiger partial charge >= 0.3 is 22.4 Å². The maximum Gasteiger partial charge on any atom is 0.416 e. The van der Waals surface area contributed by atoms with Crippen molar-refractivity contribution in [2.75, 3.05) is 0 Å². The third kappa shape index (κ3) is 7.77. The van der Waals surface area contributed by atoms with Crippen LogP contribution in [0.15, 0.2) is 53.9 Å². The molecule has 0 bridgehead atoms. The minimum absolute atomic E-state index is 0.00569. The van der Waals surface area contributed by atoms with E-state index in [1.165, 1.54) is 24.3 Å². The van der Waals surface area contributed by atoms with Crippen LogP contribution < -0.4 is 9.32 Å². The van der Waals surface area contributed by atoms with E-state index in [9.17, 15) is 26.4 Å². The first-order chi connectivity index (χ1) is 16.1. The molecule has 35 heavy (non-hydrogen) atoms. The first-order valence-electron chi connectivity index (χ1n) is 10.3. The number of carbonyl (C=O) groups is 1. The summed E-state index contributed by atoms with van der Waals surface area (Å²) < 4.78 is 71.7. The molecule has 1 atom stereocenters. The SMILES string of the molecule is CC(C)(C)OC(=O)[C@H](Cc1ccc(OS(N)(=O)=O)cc1)c1nc(-c2cccc(C(F)(F)F)c2)cs1. The average molecular weight is 529 g/mol. The molecule has 2 N–H and O–H groups in total. The Bertz CT molecular complexity index is 1300. The van der Waals surface area contributed by atoms with Crippen molar-refractivity contribution < 1.29 is 35.3 Å². The number of hydrogen-bond donors (Lipinski definition) is 1. The van der Waals surface area contributed by atoms with Crippen LogP contribution in [0.2, 0.25) is 0 Å². The summed E-state index contributed by atoms with van der Waals surface area (Å²) in [4.78, 5) is 17.5. The normalized spacial score (nSPS) is 13.3. The van der Waals surface area contributed by atoms with E-state index in [4.69, 9.17) is 9.88 Å². The standard InChI is InChI=1S/C23H23F3N2O5S2/c1-22(2,3)32-21(29)18(11-14-7-9-17(10-8-14)33-35(27,30)31)20-28-19(13-34-20)15-5-4-6-16(12-15)23(24,25)26/h4-10,12-13,18H,11H2,1-3H3,(H2,27,30,31)/t18-/m1/s1. The maximum absolute atomic E-state index is 13.1. The van der Waals surface area contributed by atoms with Crippen molar-refractivity contribution in [2.24, 2.45) is 5.14 Å². The second-order valence-corrected chi connectivity index (χ2v) is 10.7. The molecule has 0 amide bonds. The number of esters is 1. The summed E-state index contributed by atoms with van der Waals surface area (Å²) in [5.41, 5.74) is -0.339. The zero-order chi connectivity index (χ0) is 26.0. The predicted molar refractivity (Wildman–Crippen MR) is 125 cm³/mol. The molecular weight excluding hydrogens is 505 g/mol. The van der Waals surface area contributed by atoms with Crippen molar-refractivity contribution in [1.29, 1.82) is 0 Å². The number of ether oxygens (including phenoxy) is 1. The molecular formula is C23H23F3N2O5S2. The number of benzene rings is 2. The van der Waals surface area contributed by atoms with Crippen LogP contribution in [0.1, 0.15) is 42.8 Å². The Balaban J connectivity index is 1.91. The monoisotopic (exact) mass is 528 g/mol. The van der Waals surface area contributed by atoms with Gasteiger partial charge in [0.15, 0.2) is 0 Å². The molecule has 12 heteroatoms. The predicted octanol–water partition coefficient (Wildman–Crippen LogP) is 5.08. The van der Waals surface area contributed by atoms with Crippen LogP contribution in [0.4, 0.5) is 13.2 Å². The summed E-state index contributed by atoms with van der Waals surface area (Å²) in [6.45, 7) is 5.16. The van der Waals surface area contributed by atoms with Gasteiger partial charge in [-0.1, -0.05) is 24.3 Å². The summed E-state index contributed by atoms with van der Waals surface area (Å²) >= 11 is 1.14. The van der Waals surface area contributed by atoms with Crippen molar-refractivity contribution >= 4 is 27.6 Å². The summed E-state index contributed by atoms with van der Waals surface area (Å²) in [5, 5.41) is 6.82. The Morgan fingerprint density at radius 3 is 2.34 bits per heavy atom. The smallest absolute Gasteiger partial charge is 0.416 e. The Kier molecular flexibility index (Phi) is 7.58. The van der Waals surface area contributed by atoms with Crippen molar-refractivity contribution in [1.82, 2.24) is 4.98 Å². The maximum atomic E-state index is 13.1. The summed E-state index contributed by atoms with van der Waals surface area (Å²) in [6.07, 6.45) is -4.34. The fourth-order valence-electron chi connectivity index (χ4n) is 3.13. The topological polar surface area (TPSA) is 109 Å². The van der Waals surface area contributed by atoms with E-state index in [1.54, 1.807) is 38.3 Å². The number of nitrogens with two attached hydrogens (primary N) is 1. The molecule has 0 spiro atoms. The average Bonchev–Trinajstić information content (AvgIpc) is 3.20. The first kappa shape index (κ1) is 26.6. The molecule has 188 valence electrons. The van der Waals surface area contributed by atoms with Crippen LogP contribution in [0, 0.1) is 0 Å². The number of rotatable bonds is 7. The van der Waals surface area contributed by atoms with Gasteiger partial charge in [0.2, 0.25) is 0 Å². The Hall–Kier alpha value is -2.96. The lowest BCUT2D eigenvalue weighted by Gasteiger charge is -2.23. The number of alkyl halides is 3. The highest BCUT2D eigenvalue weighted by molar-refractivity contribution is 7.84. The van der Waals surface area contributed by atoms with Crippen molar-refractivity contribution in [3.05, 3.63) is 70.0 Å². The molecule has 1 heterocycles. The molecule has 2 aromatic carbocycles. The molecule has 1 aromatic heterocycles. The fourth-order valence-corrected chi connectivity index (χ4v) is 4.43. The van der Waals surface area contributed by atoms with Crippen LogP contribution in [0.25, 0.3) is 11.3 Å². The van der Waals surface area contributed by atoms with E-state index in [1.807, 2.05) is 0 Å². The van der Waals surface area contributed by atoms with Crippen LogP contribution in [-0.2, 0) is 32.4 Å². The molecule has 0 saturated heterocycles. The summed E-state index contributed by atoms with van der Waals surface area (Å²) in [6, 6.07) is 10.7. The summed E-state index contributed by atoms with van der Waals surface area (Å²) in [7, 11) is -4.18. The molecule has 0 radical (unpaired) electrons. The lowest BCUT2D eigenvalue weighted by molar-refractivity contribution is -0.156. The Morgan fingerprint density at radius 2 is 1.77 bits per heavy atom. The van der Waals surface area contributed by atoms with Crippen LogP contribution in [0.5, 0.6) is 5.75 Å². The van der Waals surface area contributed by atoms with Gasteiger partial charge in [0.05, 0.1) is 11.3 Å². The van der Waals surface area contributed by atoms with Gasteiger partial charge in [-0.25, -0.2) is 4.98 Å². The molecule has 0 aliphatic heterocycles. The van der Waals surface area contributed by atoms with E-state index in [-0.39, 0.29) is 17.7 Å². The van der Waals surface area contributed by atoms with Crippen LogP contribution in [0.3, 0.4) is 0 Å². The van der Waals surface area contributed by atoms with E-state index in [2.05, 4.69) is 9.17 Å². The minimum atomic E-state index is -4.49. The van der Waals surface area contributed by atoms with Crippen LogP contribution in [-0.4, -0.2) is 25.0 Å². The van der Waals surface area contributed by atoms with Gasteiger partial charge in [0, 0.05) is 10.9 Å². The number of nitrogens with zero attached hydrogens (tertiary/aromatic N) is 1. The second-order valence-electron chi connectivity index (χ2n) is 8.66. The highest BCUT2D eigenvalue weighted by Gasteiger charge is 2.32. The van der Waals surface area contributed by atoms with Gasteiger partial charge in [-0.05, 0) is 57.0 Å². The molecule has 0 fully saturated rings. The van der Waals surface area contributed by atoms with E-state index < -0.39 is 39.5 Å². The highest BCUT2D eigenvalue weighted by Crippen LogP contribution is 2.34. The van der Waals surface area contributed by atoms with Crippen molar-refractivity contribution in [2.45, 2.75) is 44.9 Å². The molecule has 0 unspecified atom stereocenters. The minimum Gasteiger partial charge on any atom is -0.459 e. The molecule has 0 aliphatic carbocycles. The molecule has 3 rings (SSSR count). The third-order valence-electron chi connectivity index (χ3n) is 4.57. The number of thiazole rings is 1. The number of carbonyl (C=O) groups excluding carboxylic acids is 1. The molecule has 0 aliphatic rings. The van der Waals surface area contributed by atoms with Gasteiger partial charge in [-0.2, -0.15) is 26.7 Å². The van der Waals surface area contributed by atoms with Crippen molar-refractivity contribution in [3.63, 3.8) is 0 Å². The third-order valence-corrected chi connectivity index (χ3v) is 5.96. The lowest BCUT2D eigenvalue weighted by Crippen LogP contribution is -2.28. The zero-order valence-electron chi connectivity index (χ0n) is 19.0. The molecule has 0 saturated carbocycles. The van der Waals surface area contributed by atoms with Gasteiger partial charge in [0.25, 0.3) is 0 Å². The molecule has 7 nitrogen and oxygen atoms in total. The Labute approximate surface area is 205 Å². The number of aromatic nitrogens is 1. The van der Waals surface area contributed by atoms with Gasteiger partial charge in [0.1, 0.15) is 22.3 Å². The van der Waals surface area contributed by atoms with Crippen LogP contribution >= 0.6 is 11.3 Å². The molecule has 3 aromatic rings. The second kappa shape index (κ2) is 9.96. The quantitative estimate of drug-likeness (QED) is 0.429. The number of hydrogen-bond acceptors (Lipinski definition) is 7. The van der Waals surface area contributed by atoms with Gasteiger partial charge in [-0.15, -0.1) is 11.3 Å². The zero-order valence-corrected chi connectivity index (χ0v) is 20.6. The highest BCUT2D eigenvalue weighted by atomic mass is 32.2. The van der Waals surface area contributed by atoms with E-state index in [0.717, 1.165) is 23.5 Å². The summed E-state index contributed by atoms with van der Waals surface area (Å²) in [5.74, 6) is -1.39. The first-order valence-corrected chi connectivity index (χ1v) is 12.6. The fraction of sp³-hybridized carbons (Fsp3) is 0.304.